The molecule has 0 saturated heterocycles. The minimum Gasteiger partial charge on any atom is -0.0620 e. The van der Waals surface area contributed by atoms with Crippen LogP contribution in [0.15, 0.2) is 24.3 Å². The molecule has 16 heavy (non-hydrogen) atoms. The summed E-state index contributed by atoms with van der Waals surface area (Å²) in [6.07, 6.45) is 9.93. The van der Waals surface area contributed by atoms with Crippen LogP contribution in [0.5, 0.6) is 0 Å². The van der Waals surface area contributed by atoms with Gasteiger partial charge in [-0.15, -0.1) is 0 Å². The van der Waals surface area contributed by atoms with Crippen molar-refractivity contribution in [1.82, 2.24) is 0 Å². The average molecular weight is 214 g/mol. The van der Waals surface area contributed by atoms with Gasteiger partial charge in [-0.05, 0) is 54.6 Å². The quantitative estimate of drug-likeness (QED) is 0.685. The normalized spacial score (nSPS) is 23.6. The second kappa shape index (κ2) is 3.91. The van der Waals surface area contributed by atoms with E-state index in [1.165, 1.54) is 44.9 Å². The number of benzene rings is 1. The zero-order valence-electron chi connectivity index (χ0n) is 10.3. The molecule has 0 heteroatoms. The molecule has 0 atom stereocenters. The van der Waals surface area contributed by atoms with E-state index < -0.39 is 0 Å². The lowest BCUT2D eigenvalue weighted by Crippen LogP contribution is -2.15. The molecule has 0 bridgehead atoms. The van der Waals surface area contributed by atoms with Gasteiger partial charge in [0.2, 0.25) is 0 Å². The van der Waals surface area contributed by atoms with E-state index in [2.05, 4.69) is 31.2 Å². The first kappa shape index (κ1) is 10.4. The van der Waals surface area contributed by atoms with Crippen molar-refractivity contribution < 1.29 is 0 Å². The minimum atomic E-state index is 0.602. The van der Waals surface area contributed by atoms with Gasteiger partial charge < -0.3 is 0 Å². The highest BCUT2D eigenvalue weighted by molar-refractivity contribution is 5.34. The smallest absolute Gasteiger partial charge is 0.0159 e. The Morgan fingerprint density at radius 3 is 2.50 bits per heavy atom. The van der Waals surface area contributed by atoms with Gasteiger partial charge in [-0.2, -0.15) is 0 Å². The van der Waals surface area contributed by atoms with E-state index in [-0.39, 0.29) is 0 Å². The van der Waals surface area contributed by atoms with Crippen molar-refractivity contribution in [1.29, 1.82) is 0 Å². The van der Waals surface area contributed by atoms with Crippen LogP contribution in [0.4, 0.5) is 0 Å². The van der Waals surface area contributed by atoms with Crippen molar-refractivity contribution in [2.24, 2.45) is 5.41 Å². The van der Waals surface area contributed by atoms with Gasteiger partial charge >= 0.3 is 0 Å². The third-order valence-electron chi connectivity index (χ3n) is 4.50. The number of hydrogen-bond donors (Lipinski definition) is 0. The third-order valence-corrected chi connectivity index (χ3v) is 4.50. The van der Waals surface area contributed by atoms with Crippen LogP contribution < -0.4 is 0 Å². The Bertz CT molecular complexity index is 367. The molecule has 86 valence electrons. The Balaban J connectivity index is 1.83. The summed E-state index contributed by atoms with van der Waals surface area (Å²) < 4.78 is 0. The average Bonchev–Trinajstić information content (AvgIpc) is 3.03. The third kappa shape index (κ3) is 2.03. The van der Waals surface area contributed by atoms with Crippen LogP contribution in [0.2, 0.25) is 0 Å². The van der Waals surface area contributed by atoms with E-state index in [4.69, 9.17) is 0 Å². The zero-order chi connectivity index (χ0) is 11.0. The van der Waals surface area contributed by atoms with Gasteiger partial charge in [-0.1, -0.05) is 44.0 Å². The van der Waals surface area contributed by atoms with E-state index in [9.17, 15) is 0 Å². The van der Waals surface area contributed by atoms with Crippen LogP contribution in [-0.4, -0.2) is 0 Å². The van der Waals surface area contributed by atoms with Crippen LogP contribution in [0.3, 0.4) is 0 Å². The predicted molar refractivity (Wildman–Crippen MR) is 68.7 cm³/mol. The van der Waals surface area contributed by atoms with Crippen molar-refractivity contribution in [2.45, 2.75) is 57.8 Å². The molecule has 0 aliphatic heterocycles. The summed E-state index contributed by atoms with van der Waals surface area (Å²) in [7, 11) is 0. The Morgan fingerprint density at radius 2 is 1.81 bits per heavy atom. The summed E-state index contributed by atoms with van der Waals surface area (Å²) in [6.45, 7) is 2.49. The van der Waals surface area contributed by atoms with E-state index in [1.54, 1.807) is 11.1 Å². The first-order valence-corrected chi connectivity index (χ1v) is 6.85. The summed E-state index contributed by atoms with van der Waals surface area (Å²) >= 11 is 0. The summed E-state index contributed by atoms with van der Waals surface area (Å²) in [5.41, 5.74) is 3.91. The van der Waals surface area contributed by atoms with Gasteiger partial charge in [0.25, 0.3) is 0 Å². The largest absolute Gasteiger partial charge is 0.0620 e. The molecule has 0 N–H and O–H groups in total. The summed E-state index contributed by atoms with van der Waals surface area (Å²) in [5.74, 6) is 0.904. The molecule has 2 fully saturated rings. The number of rotatable bonds is 3. The SMILES string of the molecule is CC1(Cc2ccccc2C2CC2)CCCC1. The molecule has 0 nitrogen and oxygen atoms in total. The first-order valence-electron chi connectivity index (χ1n) is 6.85. The van der Waals surface area contributed by atoms with Crippen LogP contribution in [0.1, 0.15) is 62.5 Å². The Morgan fingerprint density at radius 1 is 1.12 bits per heavy atom. The molecule has 0 spiro atoms. The van der Waals surface area contributed by atoms with Crippen molar-refractivity contribution in [3.05, 3.63) is 35.4 Å². The van der Waals surface area contributed by atoms with E-state index in [0.717, 1.165) is 5.92 Å². The van der Waals surface area contributed by atoms with Crippen molar-refractivity contribution in [3.63, 3.8) is 0 Å². The molecular formula is C16H22. The fraction of sp³-hybridized carbons (Fsp3) is 0.625. The van der Waals surface area contributed by atoms with E-state index in [1.807, 2.05) is 0 Å². The Hall–Kier alpha value is -0.780. The Kier molecular flexibility index (Phi) is 2.53. The second-order valence-electron chi connectivity index (χ2n) is 6.17. The maximum Gasteiger partial charge on any atom is -0.0159 e. The molecule has 0 heterocycles. The molecule has 0 radical (unpaired) electrons. The highest BCUT2D eigenvalue weighted by atomic mass is 14.4. The van der Waals surface area contributed by atoms with Crippen LogP contribution in [0.25, 0.3) is 0 Å². The van der Waals surface area contributed by atoms with Gasteiger partial charge in [0.05, 0.1) is 0 Å². The lowest BCUT2D eigenvalue weighted by molar-refractivity contribution is 0.333. The molecule has 3 rings (SSSR count). The van der Waals surface area contributed by atoms with Gasteiger partial charge in [0, 0.05) is 0 Å². The molecule has 0 amide bonds. The molecule has 0 unspecified atom stereocenters. The predicted octanol–water partition coefficient (Wildman–Crippen LogP) is 4.69. The van der Waals surface area contributed by atoms with Gasteiger partial charge in [0.15, 0.2) is 0 Å². The highest BCUT2D eigenvalue weighted by Crippen LogP contribution is 2.45. The summed E-state index contributed by atoms with van der Waals surface area (Å²) in [6, 6.07) is 9.18. The van der Waals surface area contributed by atoms with Crippen molar-refractivity contribution >= 4 is 0 Å². The maximum atomic E-state index is 2.49. The van der Waals surface area contributed by atoms with E-state index in [0.29, 0.717) is 5.41 Å². The molecule has 2 saturated carbocycles. The van der Waals surface area contributed by atoms with Gasteiger partial charge in [-0.3, -0.25) is 0 Å². The zero-order valence-corrected chi connectivity index (χ0v) is 10.3. The standard InChI is InChI=1S/C16H22/c1-16(10-4-5-11-16)12-14-6-2-3-7-15(14)13-8-9-13/h2-3,6-7,13H,4-5,8-12H2,1H3. The van der Waals surface area contributed by atoms with Crippen molar-refractivity contribution in [3.8, 4) is 0 Å². The first-order chi connectivity index (χ1) is 7.77. The van der Waals surface area contributed by atoms with Crippen LogP contribution >= 0.6 is 0 Å². The molecule has 2 aliphatic rings. The van der Waals surface area contributed by atoms with Crippen LogP contribution in [-0.2, 0) is 6.42 Å². The Labute approximate surface area is 99.1 Å². The highest BCUT2D eigenvalue weighted by Gasteiger charge is 2.32. The summed E-state index contributed by atoms with van der Waals surface area (Å²) in [4.78, 5) is 0. The molecule has 1 aromatic carbocycles. The molecule has 2 aliphatic carbocycles. The minimum absolute atomic E-state index is 0.602. The molecular weight excluding hydrogens is 192 g/mol. The number of hydrogen-bond acceptors (Lipinski definition) is 0. The summed E-state index contributed by atoms with van der Waals surface area (Å²) in [5, 5.41) is 0. The monoisotopic (exact) mass is 214 g/mol. The van der Waals surface area contributed by atoms with E-state index >= 15 is 0 Å². The van der Waals surface area contributed by atoms with Crippen molar-refractivity contribution in [2.75, 3.05) is 0 Å². The fourth-order valence-electron chi connectivity index (χ4n) is 3.35. The lowest BCUT2D eigenvalue weighted by atomic mass is 9.80. The molecule has 0 aromatic heterocycles. The fourth-order valence-corrected chi connectivity index (χ4v) is 3.35. The molecule has 1 aromatic rings. The van der Waals surface area contributed by atoms with Gasteiger partial charge in [0.1, 0.15) is 0 Å². The van der Waals surface area contributed by atoms with Crippen LogP contribution in [0, 0.1) is 5.41 Å². The second-order valence-corrected chi connectivity index (χ2v) is 6.17. The maximum absolute atomic E-state index is 2.49. The lowest BCUT2D eigenvalue weighted by Gasteiger charge is -2.25. The topological polar surface area (TPSA) is 0 Å². The van der Waals surface area contributed by atoms with Gasteiger partial charge in [-0.25, -0.2) is 0 Å².